The van der Waals surface area contributed by atoms with Gasteiger partial charge in [-0.05, 0) is 48.5 Å². The third-order valence-electron chi connectivity index (χ3n) is 11.4. The summed E-state index contributed by atoms with van der Waals surface area (Å²) in [5, 5.41) is 17.5. The van der Waals surface area contributed by atoms with Crippen LogP contribution in [-0.2, 0) is 0 Å². The fraction of sp³-hybridized carbons (Fsp3) is 0. The third-order valence-corrected chi connectivity index (χ3v) is 11.4. The summed E-state index contributed by atoms with van der Waals surface area (Å²) in [4.78, 5) is 14.8. The Hall–Kier alpha value is -8.34. The lowest BCUT2D eigenvalue weighted by atomic mass is 10.0. The molecule has 0 unspecified atom stereocenters. The van der Waals surface area contributed by atoms with Crippen LogP contribution in [0.2, 0.25) is 0 Å². The first kappa shape index (κ1) is 32.9. The molecule has 0 aliphatic carbocycles. The molecule has 274 valence electrons. The molecule has 0 aliphatic rings. The van der Waals surface area contributed by atoms with Gasteiger partial charge in [0, 0.05) is 49.3 Å². The van der Waals surface area contributed by atoms with Gasteiger partial charge in [-0.15, -0.1) is 0 Å². The number of aromatic nitrogens is 5. The lowest BCUT2D eigenvalue weighted by Gasteiger charge is -2.13. The number of fused-ring (bicyclic) bond motifs is 12. The number of para-hydroxylation sites is 4. The van der Waals surface area contributed by atoms with E-state index in [0.29, 0.717) is 28.6 Å². The zero-order valence-corrected chi connectivity index (χ0v) is 31.4. The number of hydrogen-bond acceptors (Lipinski definition) is 5. The van der Waals surface area contributed by atoms with E-state index < -0.39 is 0 Å². The summed E-state index contributed by atoms with van der Waals surface area (Å²) in [7, 11) is 0. The second-order valence-electron chi connectivity index (χ2n) is 14.7. The van der Waals surface area contributed by atoms with Crippen LogP contribution in [0.5, 0.6) is 0 Å². The Morgan fingerprint density at radius 3 is 1.58 bits per heavy atom. The molecule has 0 amide bonds. The minimum atomic E-state index is 0.476. The predicted octanol–water partition coefficient (Wildman–Crippen LogP) is 12.8. The van der Waals surface area contributed by atoms with Gasteiger partial charge in [0.15, 0.2) is 23.1 Å². The van der Waals surface area contributed by atoms with Crippen LogP contribution in [0.25, 0.3) is 111 Å². The van der Waals surface area contributed by atoms with Crippen molar-refractivity contribution in [2.24, 2.45) is 0 Å². The van der Waals surface area contributed by atoms with Crippen molar-refractivity contribution in [3.05, 3.63) is 188 Å². The van der Waals surface area contributed by atoms with E-state index in [-0.39, 0.29) is 0 Å². The second kappa shape index (κ2) is 12.8. The summed E-state index contributed by atoms with van der Waals surface area (Å²) in [6, 6.07) is 64.2. The second-order valence-corrected chi connectivity index (χ2v) is 14.7. The summed E-state index contributed by atoms with van der Waals surface area (Å²) < 4.78 is 11.6. The molecule has 0 aliphatic heterocycles. The molecule has 0 N–H and O–H groups in total. The molecule has 0 spiro atoms. The first-order valence-corrected chi connectivity index (χ1v) is 19.5. The highest BCUT2D eigenvalue weighted by molar-refractivity contribution is 6.39. The van der Waals surface area contributed by atoms with E-state index in [0.717, 1.165) is 88.1 Å². The summed E-state index contributed by atoms with van der Waals surface area (Å²) in [5.41, 5.74) is 10.4. The van der Waals surface area contributed by atoms with Gasteiger partial charge in [0.25, 0.3) is 0 Å². The van der Waals surface area contributed by atoms with Gasteiger partial charge in [0.2, 0.25) is 0 Å². The van der Waals surface area contributed by atoms with Crippen molar-refractivity contribution in [3.63, 3.8) is 0 Å². The fourth-order valence-electron chi connectivity index (χ4n) is 8.88. The number of hydrogen-bond donors (Lipinski definition) is 0. The first-order valence-electron chi connectivity index (χ1n) is 19.5. The highest BCUT2D eigenvalue weighted by atomic mass is 16.3. The first-order chi connectivity index (χ1) is 29.2. The predicted molar refractivity (Wildman–Crippen MR) is 237 cm³/mol. The number of benzene rings is 8. The Morgan fingerprint density at radius 1 is 0.441 bits per heavy atom. The summed E-state index contributed by atoms with van der Waals surface area (Å²) in [6.07, 6.45) is 0. The Balaban J connectivity index is 1.19. The molecule has 7 heteroatoms. The van der Waals surface area contributed by atoms with Crippen LogP contribution in [0, 0.1) is 11.3 Å². The van der Waals surface area contributed by atoms with Crippen LogP contribution in [0.1, 0.15) is 5.56 Å². The zero-order valence-electron chi connectivity index (χ0n) is 31.4. The van der Waals surface area contributed by atoms with Crippen molar-refractivity contribution < 1.29 is 4.42 Å². The largest absolute Gasteiger partial charge is 0.454 e. The molecule has 0 fully saturated rings. The van der Waals surface area contributed by atoms with Gasteiger partial charge in [0.1, 0.15) is 11.7 Å². The van der Waals surface area contributed by atoms with Crippen LogP contribution in [0.3, 0.4) is 0 Å². The fourth-order valence-corrected chi connectivity index (χ4v) is 8.88. The van der Waals surface area contributed by atoms with Gasteiger partial charge >= 0.3 is 0 Å². The standard InChI is InChI=1S/C52H30N6O/c53-31-35-30-34(52-55-50(32-16-4-1-5-17-32)54-51(56-52)33-18-6-2-7-19-33)28-29-40(35)58-42-26-14-11-23-38(42)45-44-37-22-10-13-25-41(37)57(36-20-8-3-9-21-36)47(44)46-39-24-12-15-27-43(39)59-49(46)48(45)58/h1-30H. The molecule has 0 atom stereocenters. The molecule has 59 heavy (non-hydrogen) atoms. The van der Waals surface area contributed by atoms with Crippen LogP contribution < -0.4 is 0 Å². The topological polar surface area (TPSA) is 85.5 Å². The highest BCUT2D eigenvalue weighted by Crippen LogP contribution is 2.49. The number of nitriles is 1. The maximum Gasteiger partial charge on any atom is 0.164 e. The monoisotopic (exact) mass is 754 g/mol. The minimum Gasteiger partial charge on any atom is -0.454 e. The maximum atomic E-state index is 11.0. The lowest BCUT2D eigenvalue weighted by molar-refractivity contribution is 0.671. The molecule has 4 heterocycles. The van der Waals surface area contributed by atoms with Gasteiger partial charge in [-0.3, -0.25) is 0 Å². The van der Waals surface area contributed by atoms with Crippen LogP contribution >= 0.6 is 0 Å². The van der Waals surface area contributed by atoms with Gasteiger partial charge in [-0.25, -0.2) is 15.0 Å². The number of nitrogens with zero attached hydrogens (tertiary/aromatic N) is 6. The van der Waals surface area contributed by atoms with Crippen molar-refractivity contribution in [3.8, 4) is 51.6 Å². The summed E-state index contributed by atoms with van der Waals surface area (Å²) in [5.74, 6) is 1.61. The molecular formula is C52H30N6O. The van der Waals surface area contributed by atoms with Crippen molar-refractivity contribution in [1.29, 1.82) is 5.26 Å². The van der Waals surface area contributed by atoms with Gasteiger partial charge in [0.05, 0.1) is 38.7 Å². The van der Waals surface area contributed by atoms with E-state index in [1.165, 1.54) is 0 Å². The average Bonchev–Trinajstić information content (AvgIpc) is 3.98. The van der Waals surface area contributed by atoms with Crippen LogP contribution in [-0.4, -0.2) is 24.1 Å². The molecule has 7 nitrogen and oxygen atoms in total. The average molecular weight is 755 g/mol. The third kappa shape index (κ3) is 4.90. The molecule has 0 saturated carbocycles. The number of furan rings is 1. The van der Waals surface area contributed by atoms with Crippen LogP contribution in [0.4, 0.5) is 0 Å². The summed E-state index contributed by atoms with van der Waals surface area (Å²) >= 11 is 0. The van der Waals surface area contributed by atoms with E-state index in [1.807, 2.05) is 91.0 Å². The van der Waals surface area contributed by atoms with Gasteiger partial charge in [-0.1, -0.05) is 133 Å². The normalized spacial score (nSPS) is 11.7. The minimum absolute atomic E-state index is 0.476. The SMILES string of the molecule is N#Cc1cc(-c2nc(-c3ccccc3)nc(-c3ccccc3)n2)ccc1-n1c2ccccc2c2c3c4ccccc4n(-c4ccccc4)c3c3c4ccccc4oc3c21. The van der Waals surface area contributed by atoms with Crippen molar-refractivity contribution in [2.45, 2.75) is 0 Å². The van der Waals surface area contributed by atoms with Crippen molar-refractivity contribution >= 4 is 65.6 Å². The van der Waals surface area contributed by atoms with Gasteiger partial charge in [-0.2, -0.15) is 5.26 Å². The Kier molecular flexibility index (Phi) is 7.16. The molecule has 0 radical (unpaired) electrons. The molecule has 12 aromatic rings. The summed E-state index contributed by atoms with van der Waals surface area (Å²) in [6.45, 7) is 0. The van der Waals surface area contributed by atoms with E-state index in [1.54, 1.807) is 0 Å². The Labute approximate surface area is 337 Å². The van der Waals surface area contributed by atoms with E-state index in [2.05, 4.69) is 106 Å². The maximum absolute atomic E-state index is 11.0. The molecule has 8 aromatic carbocycles. The van der Waals surface area contributed by atoms with Crippen molar-refractivity contribution in [2.75, 3.05) is 0 Å². The molecule has 12 rings (SSSR count). The molecular weight excluding hydrogens is 725 g/mol. The smallest absolute Gasteiger partial charge is 0.164 e. The van der Waals surface area contributed by atoms with Crippen LogP contribution in [0.15, 0.2) is 186 Å². The van der Waals surface area contributed by atoms with Gasteiger partial charge < -0.3 is 13.6 Å². The number of rotatable bonds is 5. The Morgan fingerprint density at radius 2 is 0.949 bits per heavy atom. The molecule has 0 saturated heterocycles. The highest BCUT2D eigenvalue weighted by Gasteiger charge is 2.28. The zero-order chi connectivity index (χ0) is 39.0. The van der Waals surface area contributed by atoms with E-state index >= 15 is 0 Å². The van der Waals surface area contributed by atoms with Crippen molar-refractivity contribution in [1.82, 2.24) is 24.1 Å². The van der Waals surface area contributed by atoms with E-state index in [4.69, 9.17) is 19.4 Å². The quantitative estimate of drug-likeness (QED) is 0.175. The molecule has 4 aromatic heterocycles. The van der Waals surface area contributed by atoms with E-state index in [9.17, 15) is 5.26 Å². The lowest BCUT2D eigenvalue weighted by Crippen LogP contribution is -2.02. The Bertz CT molecular complexity index is 3610. The molecule has 0 bridgehead atoms.